The molecular weight excluding hydrogens is 252 g/mol. The summed E-state index contributed by atoms with van der Waals surface area (Å²) in [6, 6.07) is 3.90. The van der Waals surface area contributed by atoms with Gasteiger partial charge in [-0.3, -0.25) is 0 Å². The van der Waals surface area contributed by atoms with Crippen LogP contribution in [0.5, 0.6) is 5.88 Å². The SMILES string of the molecule is CCN(CC)C(N)=NCc1ccc(OCC2CC2)nc1. The van der Waals surface area contributed by atoms with Crippen molar-refractivity contribution in [2.24, 2.45) is 16.6 Å². The molecule has 0 aromatic carbocycles. The minimum absolute atomic E-state index is 0.554. The molecule has 0 radical (unpaired) electrons. The van der Waals surface area contributed by atoms with Gasteiger partial charge in [-0.25, -0.2) is 9.98 Å². The molecule has 1 aliphatic carbocycles. The molecule has 0 atom stereocenters. The number of nitrogens with two attached hydrogens (primary N) is 1. The fourth-order valence-corrected chi connectivity index (χ4v) is 1.90. The Morgan fingerprint density at radius 2 is 2.15 bits per heavy atom. The van der Waals surface area contributed by atoms with Crippen molar-refractivity contribution in [3.63, 3.8) is 0 Å². The van der Waals surface area contributed by atoms with Crippen molar-refractivity contribution in [2.75, 3.05) is 19.7 Å². The number of rotatable bonds is 7. The quantitative estimate of drug-likeness (QED) is 0.611. The smallest absolute Gasteiger partial charge is 0.213 e. The van der Waals surface area contributed by atoms with Crippen LogP contribution in [0.1, 0.15) is 32.3 Å². The fourth-order valence-electron chi connectivity index (χ4n) is 1.90. The molecule has 0 spiro atoms. The Balaban J connectivity index is 1.84. The summed E-state index contributed by atoms with van der Waals surface area (Å²) in [4.78, 5) is 10.7. The minimum Gasteiger partial charge on any atom is -0.477 e. The van der Waals surface area contributed by atoms with E-state index in [1.54, 1.807) is 6.20 Å². The van der Waals surface area contributed by atoms with Gasteiger partial charge in [0, 0.05) is 25.4 Å². The van der Waals surface area contributed by atoms with Crippen molar-refractivity contribution >= 4 is 5.96 Å². The Morgan fingerprint density at radius 1 is 1.40 bits per heavy atom. The van der Waals surface area contributed by atoms with E-state index >= 15 is 0 Å². The van der Waals surface area contributed by atoms with E-state index in [1.807, 2.05) is 17.0 Å². The lowest BCUT2D eigenvalue weighted by Gasteiger charge is -2.19. The number of hydrogen-bond donors (Lipinski definition) is 1. The van der Waals surface area contributed by atoms with Crippen LogP contribution in [0.15, 0.2) is 23.3 Å². The van der Waals surface area contributed by atoms with Crippen LogP contribution in [0, 0.1) is 5.92 Å². The van der Waals surface area contributed by atoms with Gasteiger partial charge < -0.3 is 15.4 Å². The van der Waals surface area contributed by atoms with Crippen molar-refractivity contribution in [3.05, 3.63) is 23.9 Å². The van der Waals surface area contributed by atoms with E-state index in [9.17, 15) is 0 Å². The number of pyridine rings is 1. The van der Waals surface area contributed by atoms with Gasteiger partial charge in [-0.15, -0.1) is 0 Å². The van der Waals surface area contributed by atoms with Gasteiger partial charge in [-0.05, 0) is 38.2 Å². The molecule has 5 heteroatoms. The Morgan fingerprint density at radius 3 is 2.70 bits per heavy atom. The van der Waals surface area contributed by atoms with Crippen molar-refractivity contribution in [2.45, 2.75) is 33.2 Å². The number of hydrogen-bond acceptors (Lipinski definition) is 3. The van der Waals surface area contributed by atoms with E-state index in [0.717, 1.165) is 31.2 Å². The second-order valence-electron chi connectivity index (χ2n) is 5.11. The molecule has 1 fully saturated rings. The van der Waals surface area contributed by atoms with Crippen LogP contribution in [0.25, 0.3) is 0 Å². The summed E-state index contributed by atoms with van der Waals surface area (Å²) in [6.45, 7) is 7.23. The van der Waals surface area contributed by atoms with Crippen LogP contribution in [0.4, 0.5) is 0 Å². The molecule has 2 N–H and O–H groups in total. The Labute approximate surface area is 120 Å². The molecule has 20 heavy (non-hydrogen) atoms. The second-order valence-corrected chi connectivity index (χ2v) is 5.11. The fraction of sp³-hybridized carbons (Fsp3) is 0.600. The third-order valence-electron chi connectivity index (χ3n) is 3.47. The largest absolute Gasteiger partial charge is 0.477 e. The lowest BCUT2D eigenvalue weighted by Crippen LogP contribution is -2.37. The van der Waals surface area contributed by atoms with Crippen LogP contribution in [0.2, 0.25) is 0 Å². The van der Waals surface area contributed by atoms with E-state index in [-0.39, 0.29) is 0 Å². The van der Waals surface area contributed by atoms with Gasteiger partial charge in [0.25, 0.3) is 0 Å². The molecule has 110 valence electrons. The van der Waals surface area contributed by atoms with Gasteiger partial charge in [0.2, 0.25) is 5.88 Å². The summed E-state index contributed by atoms with van der Waals surface area (Å²) in [6.07, 6.45) is 4.39. The summed E-state index contributed by atoms with van der Waals surface area (Å²) in [7, 11) is 0. The predicted octanol–water partition coefficient (Wildman–Crippen LogP) is 2.03. The topological polar surface area (TPSA) is 63.7 Å². The first-order chi connectivity index (χ1) is 9.72. The zero-order chi connectivity index (χ0) is 14.4. The number of aliphatic imine (C=N–C) groups is 1. The number of aromatic nitrogens is 1. The monoisotopic (exact) mass is 276 g/mol. The molecule has 0 bridgehead atoms. The van der Waals surface area contributed by atoms with Gasteiger partial charge in [0.15, 0.2) is 5.96 Å². The molecule has 1 heterocycles. The maximum absolute atomic E-state index is 5.94. The lowest BCUT2D eigenvalue weighted by molar-refractivity contribution is 0.288. The van der Waals surface area contributed by atoms with E-state index in [2.05, 4.69) is 23.8 Å². The molecule has 2 rings (SSSR count). The molecule has 1 aromatic heterocycles. The maximum Gasteiger partial charge on any atom is 0.213 e. The highest BCUT2D eigenvalue weighted by atomic mass is 16.5. The normalized spacial score (nSPS) is 15.2. The number of guanidine groups is 1. The Kier molecular flexibility index (Phi) is 5.21. The highest BCUT2D eigenvalue weighted by Gasteiger charge is 2.21. The first kappa shape index (κ1) is 14.6. The average molecular weight is 276 g/mol. The van der Waals surface area contributed by atoms with Gasteiger partial charge in [-0.1, -0.05) is 6.07 Å². The van der Waals surface area contributed by atoms with Crippen molar-refractivity contribution in [1.29, 1.82) is 0 Å². The first-order valence-corrected chi connectivity index (χ1v) is 7.35. The highest BCUT2D eigenvalue weighted by molar-refractivity contribution is 5.77. The predicted molar refractivity (Wildman–Crippen MR) is 80.7 cm³/mol. The summed E-state index contributed by atoms with van der Waals surface area (Å²) >= 11 is 0. The summed E-state index contributed by atoms with van der Waals surface area (Å²) < 4.78 is 5.60. The standard InChI is InChI=1S/C15H24N4O/c1-3-19(4-2)15(16)18-10-13-7-8-14(17-9-13)20-11-12-5-6-12/h7-9,12H,3-6,10-11H2,1-2H3,(H2,16,18). The van der Waals surface area contributed by atoms with Crippen LogP contribution in [-0.4, -0.2) is 35.5 Å². The van der Waals surface area contributed by atoms with Crippen LogP contribution in [0.3, 0.4) is 0 Å². The van der Waals surface area contributed by atoms with E-state index in [0.29, 0.717) is 18.4 Å². The molecule has 0 saturated heterocycles. The second kappa shape index (κ2) is 7.12. The molecule has 0 unspecified atom stereocenters. The van der Waals surface area contributed by atoms with Crippen LogP contribution >= 0.6 is 0 Å². The Bertz CT molecular complexity index is 436. The van der Waals surface area contributed by atoms with Crippen molar-refractivity contribution < 1.29 is 4.74 Å². The molecular formula is C15H24N4O. The zero-order valence-electron chi connectivity index (χ0n) is 12.4. The van der Waals surface area contributed by atoms with E-state index < -0.39 is 0 Å². The molecule has 0 aliphatic heterocycles. The summed E-state index contributed by atoms with van der Waals surface area (Å²) in [5.41, 5.74) is 6.98. The molecule has 1 aromatic rings. The van der Waals surface area contributed by atoms with Gasteiger partial charge in [-0.2, -0.15) is 0 Å². The van der Waals surface area contributed by atoms with Crippen LogP contribution < -0.4 is 10.5 Å². The highest BCUT2D eigenvalue weighted by Crippen LogP contribution is 2.29. The number of nitrogens with zero attached hydrogens (tertiary/aromatic N) is 3. The minimum atomic E-state index is 0.554. The Hall–Kier alpha value is -1.78. The third kappa shape index (κ3) is 4.40. The molecule has 1 saturated carbocycles. The lowest BCUT2D eigenvalue weighted by atomic mass is 10.3. The van der Waals surface area contributed by atoms with Crippen LogP contribution in [-0.2, 0) is 6.54 Å². The number of ether oxygens (including phenoxy) is 1. The summed E-state index contributed by atoms with van der Waals surface area (Å²) in [5.74, 6) is 2.03. The van der Waals surface area contributed by atoms with Gasteiger partial charge >= 0.3 is 0 Å². The van der Waals surface area contributed by atoms with Gasteiger partial charge in [0.1, 0.15) is 0 Å². The van der Waals surface area contributed by atoms with E-state index in [1.165, 1.54) is 12.8 Å². The third-order valence-corrected chi connectivity index (χ3v) is 3.47. The molecule has 0 amide bonds. The average Bonchev–Trinajstić information content (AvgIpc) is 3.29. The van der Waals surface area contributed by atoms with Gasteiger partial charge in [0.05, 0.1) is 13.2 Å². The first-order valence-electron chi connectivity index (χ1n) is 7.35. The summed E-state index contributed by atoms with van der Waals surface area (Å²) in [5, 5.41) is 0. The van der Waals surface area contributed by atoms with Crippen molar-refractivity contribution in [1.82, 2.24) is 9.88 Å². The maximum atomic E-state index is 5.94. The molecule has 5 nitrogen and oxygen atoms in total. The molecule has 1 aliphatic rings. The van der Waals surface area contributed by atoms with E-state index in [4.69, 9.17) is 10.5 Å². The zero-order valence-corrected chi connectivity index (χ0v) is 12.4. The van der Waals surface area contributed by atoms with Crippen molar-refractivity contribution in [3.8, 4) is 5.88 Å².